The topological polar surface area (TPSA) is 15.3 Å². The number of unbranched alkanes of at least 4 members (excludes halogenated alkanes) is 9. The van der Waals surface area contributed by atoms with Crippen molar-refractivity contribution in [3.8, 4) is 0 Å². The lowest BCUT2D eigenvalue weighted by Gasteiger charge is -2.10. The lowest BCUT2D eigenvalue weighted by molar-refractivity contribution is 0.402. The number of rotatable bonds is 15. The summed E-state index contributed by atoms with van der Waals surface area (Å²) in [6, 6.07) is 9.00. The van der Waals surface area contributed by atoms with Crippen LogP contribution >= 0.6 is 0 Å². The molecule has 0 aliphatic heterocycles. The molecule has 24 heavy (non-hydrogen) atoms. The van der Waals surface area contributed by atoms with E-state index >= 15 is 0 Å². The van der Waals surface area contributed by atoms with Crippen molar-refractivity contribution < 1.29 is 0 Å². The van der Waals surface area contributed by atoms with E-state index in [1.54, 1.807) is 0 Å². The van der Waals surface area contributed by atoms with Gasteiger partial charge in [0.25, 0.3) is 0 Å². The summed E-state index contributed by atoms with van der Waals surface area (Å²) in [4.78, 5) is 2.21. The van der Waals surface area contributed by atoms with Crippen LogP contribution in [0.2, 0.25) is 0 Å². The summed E-state index contributed by atoms with van der Waals surface area (Å²) < 4.78 is 0. The first-order chi connectivity index (χ1) is 11.7. The minimum Gasteiger partial charge on any atom is -0.313 e. The van der Waals surface area contributed by atoms with Crippen molar-refractivity contribution in [2.45, 2.75) is 84.2 Å². The van der Waals surface area contributed by atoms with Crippen LogP contribution in [0.3, 0.4) is 0 Å². The van der Waals surface area contributed by atoms with E-state index in [1.165, 1.54) is 75.3 Å². The van der Waals surface area contributed by atoms with Crippen LogP contribution < -0.4 is 5.32 Å². The van der Waals surface area contributed by atoms with Gasteiger partial charge < -0.3 is 10.2 Å². The summed E-state index contributed by atoms with van der Waals surface area (Å²) in [6.07, 6.45) is 14.1. The summed E-state index contributed by atoms with van der Waals surface area (Å²) in [5.41, 5.74) is 2.78. The van der Waals surface area contributed by atoms with Crippen LogP contribution in [0.25, 0.3) is 0 Å². The molecule has 0 radical (unpaired) electrons. The van der Waals surface area contributed by atoms with E-state index < -0.39 is 0 Å². The molecule has 0 spiro atoms. The van der Waals surface area contributed by atoms with Crippen molar-refractivity contribution in [1.29, 1.82) is 0 Å². The van der Waals surface area contributed by atoms with E-state index in [-0.39, 0.29) is 0 Å². The monoisotopic (exact) mass is 332 g/mol. The maximum atomic E-state index is 3.58. The molecule has 1 aromatic carbocycles. The Morgan fingerprint density at radius 1 is 0.708 bits per heavy atom. The third-order valence-electron chi connectivity index (χ3n) is 4.56. The van der Waals surface area contributed by atoms with Crippen LogP contribution in [-0.2, 0) is 13.1 Å². The Kier molecular flexibility index (Phi) is 12.8. The minimum absolute atomic E-state index is 1.000. The highest BCUT2D eigenvalue weighted by molar-refractivity contribution is 5.22. The van der Waals surface area contributed by atoms with Gasteiger partial charge in [-0.15, -0.1) is 0 Å². The smallest absolute Gasteiger partial charge is 0.0227 e. The van der Waals surface area contributed by atoms with Crippen LogP contribution in [0.5, 0.6) is 0 Å². The van der Waals surface area contributed by atoms with Crippen LogP contribution in [0.1, 0.15) is 82.3 Å². The Morgan fingerprint density at radius 2 is 1.21 bits per heavy atom. The molecule has 0 heterocycles. The van der Waals surface area contributed by atoms with E-state index in [0.29, 0.717) is 0 Å². The Balaban J connectivity index is 1.91. The number of hydrogen-bond donors (Lipinski definition) is 1. The summed E-state index contributed by atoms with van der Waals surface area (Å²) in [5.74, 6) is 0. The van der Waals surface area contributed by atoms with Gasteiger partial charge in [0, 0.05) is 13.1 Å². The molecule has 2 nitrogen and oxygen atoms in total. The highest BCUT2D eigenvalue weighted by atomic mass is 15.0. The fraction of sp³-hybridized carbons (Fsp3) is 0.727. The molecule has 0 aliphatic rings. The minimum atomic E-state index is 1.000. The van der Waals surface area contributed by atoms with E-state index in [4.69, 9.17) is 0 Å². The second-order valence-corrected chi connectivity index (χ2v) is 7.41. The first kappa shape index (κ1) is 21.2. The van der Waals surface area contributed by atoms with Gasteiger partial charge in [-0.05, 0) is 38.2 Å². The first-order valence-electron chi connectivity index (χ1n) is 10.2. The fourth-order valence-corrected chi connectivity index (χ4v) is 3.10. The molecule has 0 fully saturated rings. The van der Waals surface area contributed by atoms with Crippen molar-refractivity contribution in [2.75, 3.05) is 20.6 Å². The summed E-state index contributed by atoms with van der Waals surface area (Å²) in [5, 5.41) is 3.58. The van der Waals surface area contributed by atoms with Gasteiger partial charge in [-0.1, -0.05) is 89.0 Å². The quantitative estimate of drug-likeness (QED) is 0.411. The van der Waals surface area contributed by atoms with Crippen molar-refractivity contribution >= 4 is 0 Å². The van der Waals surface area contributed by atoms with Crippen LogP contribution in [0.15, 0.2) is 24.3 Å². The van der Waals surface area contributed by atoms with Gasteiger partial charge in [0.15, 0.2) is 0 Å². The zero-order valence-electron chi connectivity index (χ0n) is 16.4. The fourth-order valence-electron chi connectivity index (χ4n) is 3.10. The van der Waals surface area contributed by atoms with E-state index in [1.807, 2.05) is 0 Å². The second-order valence-electron chi connectivity index (χ2n) is 7.41. The summed E-state index contributed by atoms with van der Waals surface area (Å²) >= 11 is 0. The van der Waals surface area contributed by atoms with E-state index in [0.717, 1.165) is 19.6 Å². The molecule has 0 unspecified atom stereocenters. The Hall–Kier alpha value is -0.860. The molecule has 2 heteroatoms. The molecule has 0 aromatic heterocycles. The van der Waals surface area contributed by atoms with Gasteiger partial charge in [-0.3, -0.25) is 0 Å². The standard InChI is InChI=1S/C22H40N2/c1-4-5-6-7-8-9-10-11-12-13-18-23-19-21-14-16-22(17-15-21)20-24(2)3/h14-17,23H,4-13,18-20H2,1-3H3. The SMILES string of the molecule is CCCCCCCCCCCCNCc1ccc(CN(C)C)cc1. The molecule has 0 bridgehead atoms. The zero-order valence-corrected chi connectivity index (χ0v) is 16.4. The van der Waals surface area contributed by atoms with Crippen molar-refractivity contribution in [3.05, 3.63) is 35.4 Å². The molecule has 138 valence electrons. The molecule has 1 aromatic rings. The zero-order chi connectivity index (χ0) is 17.5. The van der Waals surface area contributed by atoms with Crippen LogP contribution in [0, 0.1) is 0 Å². The number of nitrogens with zero attached hydrogens (tertiary/aromatic N) is 1. The third-order valence-corrected chi connectivity index (χ3v) is 4.56. The first-order valence-corrected chi connectivity index (χ1v) is 10.2. The van der Waals surface area contributed by atoms with Gasteiger partial charge in [-0.2, -0.15) is 0 Å². The molecule has 1 rings (SSSR count). The highest BCUT2D eigenvalue weighted by Gasteiger charge is 1.97. The predicted molar refractivity (Wildman–Crippen MR) is 107 cm³/mol. The average molecular weight is 333 g/mol. The Morgan fingerprint density at radius 3 is 1.75 bits per heavy atom. The van der Waals surface area contributed by atoms with Crippen molar-refractivity contribution in [3.63, 3.8) is 0 Å². The molecule has 0 saturated carbocycles. The molecule has 1 N–H and O–H groups in total. The number of nitrogens with one attached hydrogen (secondary N) is 1. The number of hydrogen-bond acceptors (Lipinski definition) is 2. The summed E-state index contributed by atoms with van der Waals surface area (Å²) in [7, 11) is 4.23. The average Bonchev–Trinajstić information content (AvgIpc) is 2.57. The summed E-state index contributed by atoms with van der Waals surface area (Å²) in [6.45, 7) is 5.45. The van der Waals surface area contributed by atoms with Crippen LogP contribution in [-0.4, -0.2) is 25.5 Å². The van der Waals surface area contributed by atoms with E-state index in [9.17, 15) is 0 Å². The lowest BCUT2D eigenvalue weighted by atomic mass is 10.1. The van der Waals surface area contributed by atoms with Crippen molar-refractivity contribution in [1.82, 2.24) is 10.2 Å². The van der Waals surface area contributed by atoms with Gasteiger partial charge in [0.2, 0.25) is 0 Å². The van der Waals surface area contributed by atoms with E-state index in [2.05, 4.69) is 55.5 Å². The van der Waals surface area contributed by atoms with Gasteiger partial charge in [0.05, 0.1) is 0 Å². The maximum Gasteiger partial charge on any atom is 0.0227 e. The molecule has 0 saturated heterocycles. The lowest BCUT2D eigenvalue weighted by Crippen LogP contribution is -2.15. The third kappa shape index (κ3) is 11.6. The second kappa shape index (κ2) is 14.5. The molecule has 0 atom stereocenters. The number of benzene rings is 1. The molecular formula is C22H40N2. The molecule has 0 aliphatic carbocycles. The maximum absolute atomic E-state index is 3.58. The normalized spacial score (nSPS) is 11.3. The largest absolute Gasteiger partial charge is 0.313 e. The highest BCUT2D eigenvalue weighted by Crippen LogP contribution is 2.10. The van der Waals surface area contributed by atoms with Gasteiger partial charge in [-0.25, -0.2) is 0 Å². The molecular weight excluding hydrogens is 292 g/mol. The van der Waals surface area contributed by atoms with Gasteiger partial charge in [0.1, 0.15) is 0 Å². The van der Waals surface area contributed by atoms with Gasteiger partial charge >= 0.3 is 0 Å². The predicted octanol–water partition coefficient (Wildman–Crippen LogP) is 5.76. The molecule has 0 amide bonds. The van der Waals surface area contributed by atoms with Crippen molar-refractivity contribution in [2.24, 2.45) is 0 Å². The Bertz CT molecular complexity index is 383. The Labute approximate surface area is 151 Å². The van der Waals surface area contributed by atoms with Crippen LogP contribution in [0.4, 0.5) is 0 Å².